The predicted octanol–water partition coefficient (Wildman–Crippen LogP) is 3.53. The van der Waals surface area contributed by atoms with Crippen LogP contribution in [0.15, 0.2) is 54.6 Å². The number of nitro groups is 1. The topological polar surface area (TPSA) is 130 Å². The van der Waals surface area contributed by atoms with Crippen LogP contribution in [0, 0.1) is 10.1 Å². The summed E-state index contributed by atoms with van der Waals surface area (Å²) < 4.78 is 0. The number of ketones is 2. The number of aromatic hydroxyl groups is 2. The van der Waals surface area contributed by atoms with Crippen molar-refractivity contribution in [2.45, 2.75) is 0 Å². The fraction of sp³-hybridized carbons (Fsp3) is 0. The maximum absolute atomic E-state index is 12.9. The van der Waals surface area contributed by atoms with Gasteiger partial charge in [-0.3, -0.25) is 19.7 Å². The van der Waals surface area contributed by atoms with Crippen molar-refractivity contribution < 1.29 is 24.7 Å². The van der Waals surface area contributed by atoms with E-state index in [0.29, 0.717) is 11.4 Å². The molecule has 0 aliphatic heterocycles. The second-order valence-corrected chi connectivity index (χ2v) is 6.21. The van der Waals surface area contributed by atoms with Gasteiger partial charge in [-0.25, -0.2) is 0 Å². The summed E-state index contributed by atoms with van der Waals surface area (Å²) in [6.07, 6.45) is 0. The molecule has 0 spiro atoms. The minimum atomic E-state index is -0.850. The fourth-order valence-corrected chi connectivity index (χ4v) is 3.25. The molecule has 0 saturated carbocycles. The molecule has 1 aliphatic carbocycles. The summed E-state index contributed by atoms with van der Waals surface area (Å²) in [5.74, 6) is -2.52. The smallest absolute Gasteiger partial charge is 0.285 e. The number of carbonyl (C=O) groups is 2. The van der Waals surface area contributed by atoms with Gasteiger partial charge in [-0.05, 0) is 24.3 Å². The van der Waals surface area contributed by atoms with Crippen LogP contribution in [0.3, 0.4) is 0 Å². The molecule has 28 heavy (non-hydrogen) atoms. The molecule has 0 saturated heterocycles. The van der Waals surface area contributed by atoms with Crippen LogP contribution >= 0.6 is 0 Å². The summed E-state index contributed by atoms with van der Waals surface area (Å²) in [6, 6.07) is 13.5. The number of hydrogen-bond donors (Lipinski definition) is 3. The first-order valence-electron chi connectivity index (χ1n) is 8.16. The lowest BCUT2D eigenvalue weighted by Gasteiger charge is -2.20. The van der Waals surface area contributed by atoms with Crippen molar-refractivity contribution >= 4 is 28.6 Å². The van der Waals surface area contributed by atoms with E-state index in [2.05, 4.69) is 5.32 Å². The summed E-state index contributed by atoms with van der Waals surface area (Å²) in [5.41, 5.74) is -0.753. The Balaban J connectivity index is 1.88. The van der Waals surface area contributed by atoms with E-state index in [1.807, 2.05) is 6.07 Å². The third-order valence-corrected chi connectivity index (χ3v) is 4.42. The highest BCUT2D eigenvalue weighted by Crippen LogP contribution is 2.40. The Bertz CT molecular complexity index is 1170. The van der Waals surface area contributed by atoms with Gasteiger partial charge in [0.25, 0.3) is 5.69 Å². The minimum Gasteiger partial charge on any atom is -0.508 e. The van der Waals surface area contributed by atoms with Crippen LogP contribution in [0.2, 0.25) is 0 Å². The number of para-hydroxylation sites is 1. The van der Waals surface area contributed by atoms with Crippen molar-refractivity contribution in [3.8, 4) is 11.5 Å². The van der Waals surface area contributed by atoms with Gasteiger partial charge in [-0.2, -0.15) is 0 Å². The van der Waals surface area contributed by atoms with Crippen LogP contribution in [-0.4, -0.2) is 26.7 Å². The molecule has 8 heteroatoms. The molecule has 3 aromatic rings. The fourth-order valence-electron chi connectivity index (χ4n) is 3.25. The molecule has 3 N–H and O–H groups in total. The van der Waals surface area contributed by atoms with Gasteiger partial charge in [-0.15, -0.1) is 0 Å². The van der Waals surface area contributed by atoms with Crippen LogP contribution in [0.5, 0.6) is 11.5 Å². The third kappa shape index (κ3) is 2.64. The van der Waals surface area contributed by atoms with E-state index in [1.54, 1.807) is 24.3 Å². The molecule has 138 valence electrons. The average Bonchev–Trinajstić information content (AvgIpc) is 2.65. The summed E-state index contributed by atoms with van der Waals surface area (Å²) in [5, 5.41) is 34.4. The number of hydrogen-bond acceptors (Lipinski definition) is 7. The molecule has 4 rings (SSSR count). The van der Waals surface area contributed by atoms with E-state index in [0.717, 1.165) is 12.1 Å². The van der Waals surface area contributed by atoms with E-state index in [1.165, 1.54) is 12.1 Å². The molecule has 0 atom stereocenters. The van der Waals surface area contributed by atoms with Crippen molar-refractivity contribution in [1.29, 1.82) is 0 Å². The highest BCUT2D eigenvalue weighted by atomic mass is 16.6. The van der Waals surface area contributed by atoms with Crippen molar-refractivity contribution in [2.24, 2.45) is 0 Å². The van der Waals surface area contributed by atoms with E-state index >= 15 is 0 Å². The number of benzene rings is 3. The van der Waals surface area contributed by atoms with Crippen LogP contribution in [-0.2, 0) is 0 Å². The molecule has 0 fully saturated rings. The number of nitrogens with zero attached hydrogens (tertiary/aromatic N) is 1. The second-order valence-electron chi connectivity index (χ2n) is 6.21. The zero-order valence-electron chi connectivity index (χ0n) is 14.2. The molecule has 0 aromatic heterocycles. The lowest BCUT2D eigenvalue weighted by Crippen LogP contribution is -2.22. The van der Waals surface area contributed by atoms with E-state index in [4.69, 9.17) is 0 Å². The predicted molar refractivity (Wildman–Crippen MR) is 99.5 cm³/mol. The van der Waals surface area contributed by atoms with E-state index < -0.39 is 39.2 Å². The molecule has 0 heterocycles. The lowest BCUT2D eigenvalue weighted by molar-refractivity contribution is -0.385. The Labute approximate surface area is 157 Å². The van der Waals surface area contributed by atoms with Gasteiger partial charge in [0.1, 0.15) is 17.1 Å². The lowest BCUT2D eigenvalue weighted by atomic mass is 9.82. The molecule has 1 aliphatic rings. The number of nitrogens with one attached hydrogen (secondary N) is 1. The number of fused-ring (bicyclic) bond motifs is 2. The standard InChI is InChI=1S/C20H12N2O6/c23-12-8-14-17(15(9-12)22(27)28)20(26)18-13(19(14)25)6-11(7-16(18)24)21-10-4-2-1-3-5-10/h1-9,21,23-24H. The molecular formula is C20H12N2O6. The summed E-state index contributed by atoms with van der Waals surface area (Å²) in [7, 11) is 0. The van der Waals surface area contributed by atoms with Crippen molar-refractivity contribution in [3.05, 3.63) is 87.0 Å². The Morgan fingerprint density at radius 2 is 1.50 bits per heavy atom. The Morgan fingerprint density at radius 3 is 2.18 bits per heavy atom. The van der Waals surface area contributed by atoms with Crippen LogP contribution in [0.25, 0.3) is 0 Å². The Hall–Kier alpha value is -4.20. The third-order valence-electron chi connectivity index (χ3n) is 4.42. The number of anilines is 2. The first-order chi connectivity index (χ1) is 13.4. The molecule has 0 amide bonds. The molecule has 0 bridgehead atoms. The summed E-state index contributed by atoms with van der Waals surface area (Å²) in [6.45, 7) is 0. The highest BCUT2D eigenvalue weighted by molar-refractivity contribution is 6.31. The SMILES string of the molecule is O=C1c2cc(Nc3ccccc3)cc(O)c2C(=O)c2c1cc(O)cc2[N+](=O)[O-]. The first-order valence-corrected chi connectivity index (χ1v) is 8.16. The van der Waals surface area contributed by atoms with Gasteiger partial charge < -0.3 is 15.5 Å². The van der Waals surface area contributed by atoms with Gasteiger partial charge >= 0.3 is 0 Å². The monoisotopic (exact) mass is 376 g/mol. The Morgan fingerprint density at radius 1 is 0.821 bits per heavy atom. The van der Waals surface area contributed by atoms with Crippen LogP contribution in [0.1, 0.15) is 31.8 Å². The quantitative estimate of drug-likeness (QED) is 0.368. The maximum Gasteiger partial charge on any atom is 0.285 e. The normalized spacial score (nSPS) is 12.3. The van der Waals surface area contributed by atoms with Gasteiger partial charge in [0.05, 0.1) is 16.6 Å². The molecular weight excluding hydrogens is 364 g/mol. The van der Waals surface area contributed by atoms with E-state index in [-0.39, 0.29) is 16.7 Å². The molecule has 0 radical (unpaired) electrons. The number of rotatable bonds is 3. The largest absolute Gasteiger partial charge is 0.508 e. The van der Waals surface area contributed by atoms with Gasteiger partial charge in [0.2, 0.25) is 5.78 Å². The van der Waals surface area contributed by atoms with Crippen LogP contribution in [0.4, 0.5) is 17.1 Å². The van der Waals surface area contributed by atoms with Gasteiger partial charge in [0, 0.05) is 28.6 Å². The summed E-state index contributed by atoms with van der Waals surface area (Å²) in [4.78, 5) is 36.2. The number of carbonyl (C=O) groups excluding carboxylic acids is 2. The van der Waals surface area contributed by atoms with E-state index in [9.17, 15) is 29.9 Å². The molecule has 3 aromatic carbocycles. The number of nitro benzene ring substituents is 1. The van der Waals surface area contributed by atoms with Crippen molar-refractivity contribution in [2.75, 3.05) is 5.32 Å². The van der Waals surface area contributed by atoms with Crippen LogP contribution < -0.4 is 5.32 Å². The molecule has 0 unspecified atom stereocenters. The highest BCUT2D eigenvalue weighted by Gasteiger charge is 2.38. The van der Waals surface area contributed by atoms with Gasteiger partial charge in [0.15, 0.2) is 5.78 Å². The first kappa shape index (κ1) is 17.2. The Kier molecular flexibility index (Phi) is 3.82. The number of phenols is 2. The zero-order chi connectivity index (χ0) is 20.0. The van der Waals surface area contributed by atoms with Crippen molar-refractivity contribution in [3.63, 3.8) is 0 Å². The zero-order valence-corrected chi connectivity index (χ0v) is 14.2. The molecule has 8 nitrogen and oxygen atoms in total. The minimum absolute atomic E-state index is 0.101. The van der Waals surface area contributed by atoms with Gasteiger partial charge in [-0.1, -0.05) is 18.2 Å². The maximum atomic E-state index is 12.9. The number of phenolic OH excluding ortho intramolecular Hbond substituents is 2. The summed E-state index contributed by atoms with van der Waals surface area (Å²) >= 11 is 0. The second kappa shape index (κ2) is 6.20. The average molecular weight is 376 g/mol. The van der Waals surface area contributed by atoms with Crippen molar-refractivity contribution in [1.82, 2.24) is 0 Å².